The fraction of sp³-hybridized carbons (Fsp3) is 0.192. The van der Waals surface area contributed by atoms with Gasteiger partial charge in [-0.05, 0) is 41.3 Å². The van der Waals surface area contributed by atoms with Gasteiger partial charge in [-0.2, -0.15) is 0 Å². The fourth-order valence-corrected chi connectivity index (χ4v) is 4.21. The molecule has 1 atom stereocenters. The third-order valence-electron chi connectivity index (χ3n) is 5.81. The van der Waals surface area contributed by atoms with Crippen LogP contribution < -0.4 is 9.80 Å². The number of likely N-dealkylation sites (N-methyl/N-ethyl adjacent to an activating group) is 1. The number of rotatable bonds is 5. The Morgan fingerprint density at radius 3 is 2.24 bits per heavy atom. The molecule has 1 amide bonds. The minimum atomic E-state index is -0.707. The average molecular weight is 383 g/mol. The lowest BCUT2D eigenvalue weighted by Gasteiger charge is -2.28. The van der Waals surface area contributed by atoms with E-state index in [2.05, 4.69) is 59.5 Å². The van der Waals surface area contributed by atoms with Crippen LogP contribution in [0.25, 0.3) is 6.08 Å². The minimum absolute atomic E-state index is 0.119. The number of hydrogen-bond donors (Lipinski definition) is 0. The maximum atomic E-state index is 13.6. The van der Waals surface area contributed by atoms with Crippen molar-refractivity contribution in [2.45, 2.75) is 11.8 Å². The number of para-hydroxylation sites is 1. The van der Waals surface area contributed by atoms with Gasteiger partial charge in [0.2, 0.25) is 5.91 Å². The van der Waals surface area contributed by atoms with Crippen LogP contribution in [0.1, 0.15) is 23.1 Å². The van der Waals surface area contributed by atoms with Crippen LogP contribution in [0, 0.1) is 0 Å². The van der Waals surface area contributed by atoms with E-state index in [0.717, 1.165) is 28.1 Å². The summed E-state index contributed by atoms with van der Waals surface area (Å²) in [7, 11) is 5.92. The first-order valence-corrected chi connectivity index (χ1v) is 9.91. The van der Waals surface area contributed by atoms with Crippen molar-refractivity contribution in [3.63, 3.8) is 0 Å². The van der Waals surface area contributed by atoms with Crippen LogP contribution in [0.5, 0.6) is 0 Å². The number of carbonyl (C=O) groups excluding carboxylic acids is 1. The van der Waals surface area contributed by atoms with E-state index >= 15 is 0 Å². The molecular formula is C26H26N2O. The van der Waals surface area contributed by atoms with E-state index in [1.807, 2.05) is 57.5 Å². The molecule has 0 spiro atoms. The zero-order chi connectivity index (χ0) is 20.4. The van der Waals surface area contributed by atoms with Gasteiger partial charge in [-0.15, -0.1) is 0 Å². The second kappa shape index (κ2) is 7.59. The van der Waals surface area contributed by atoms with E-state index in [0.29, 0.717) is 6.42 Å². The molecule has 0 fully saturated rings. The number of fused-ring (bicyclic) bond motifs is 1. The molecule has 3 aromatic rings. The summed E-state index contributed by atoms with van der Waals surface area (Å²) >= 11 is 0. The minimum Gasteiger partial charge on any atom is -0.378 e. The molecule has 0 saturated heterocycles. The Morgan fingerprint density at radius 1 is 0.897 bits per heavy atom. The summed E-state index contributed by atoms with van der Waals surface area (Å²) in [5, 5.41) is 0. The van der Waals surface area contributed by atoms with Gasteiger partial charge in [0.1, 0.15) is 5.41 Å². The molecule has 29 heavy (non-hydrogen) atoms. The molecule has 1 aliphatic heterocycles. The van der Waals surface area contributed by atoms with Gasteiger partial charge in [0.15, 0.2) is 0 Å². The molecule has 0 aromatic heterocycles. The summed E-state index contributed by atoms with van der Waals surface area (Å²) in [4.78, 5) is 17.5. The molecule has 0 N–H and O–H groups in total. The van der Waals surface area contributed by atoms with Crippen LogP contribution in [0.3, 0.4) is 0 Å². The molecule has 3 heteroatoms. The lowest BCUT2D eigenvalue weighted by molar-refractivity contribution is -0.121. The standard InChI is InChI=1S/C26H26N2O/c1-27(2)22-17-15-21(16-18-22)26(19-9-12-20-10-5-4-6-11-20)23-13-7-8-14-24(23)28(3)25(26)29/h4-18H,19H2,1-3H3/b12-9+. The molecule has 0 aliphatic carbocycles. The monoisotopic (exact) mass is 382 g/mol. The molecule has 3 nitrogen and oxygen atoms in total. The highest BCUT2D eigenvalue weighted by molar-refractivity contribution is 6.10. The van der Waals surface area contributed by atoms with E-state index in [-0.39, 0.29) is 5.91 Å². The molecule has 3 aromatic carbocycles. The molecule has 1 unspecified atom stereocenters. The predicted molar refractivity (Wildman–Crippen MR) is 121 cm³/mol. The lowest BCUT2D eigenvalue weighted by Crippen LogP contribution is -2.39. The summed E-state index contributed by atoms with van der Waals surface area (Å²) in [6.45, 7) is 0. The summed E-state index contributed by atoms with van der Waals surface area (Å²) in [5.74, 6) is 0.119. The van der Waals surface area contributed by atoms with Crippen molar-refractivity contribution in [3.05, 3.63) is 102 Å². The van der Waals surface area contributed by atoms with Crippen LogP contribution in [0.2, 0.25) is 0 Å². The van der Waals surface area contributed by atoms with Gasteiger partial charge in [0, 0.05) is 32.5 Å². The quantitative estimate of drug-likeness (QED) is 0.612. The highest BCUT2D eigenvalue weighted by atomic mass is 16.2. The summed E-state index contributed by atoms with van der Waals surface area (Å²) in [6, 6.07) is 26.7. The summed E-state index contributed by atoms with van der Waals surface area (Å²) in [5.41, 5.74) is 4.64. The van der Waals surface area contributed by atoms with Gasteiger partial charge in [-0.3, -0.25) is 4.79 Å². The van der Waals surface area contributed by atoms with E-state index in [1.165, 1.54) is 0 Å². The summed E-state index contributed by atoms with van der Waals surface area (Å²) < 4.78 is 0. The van der Waals surface area contributed by atoms with Crippen molar-refractivity contribution in [1.29, 1.82) is 0 Å². The van der Waals surface area contributed by atoms with Crippen molar-refractivity contribution >= 4 is 23.4 Å². The molecule has 146 valence electrons. The van der Waals surface area contributed by atoms with Crippen molar-refractivity contribution in [2.75, 3.05) is 30.9 Å². The van der Waals surface area contributed by atoms with Crippen molar-refractivity contribution in [2.24, 2.45) is 0 Å². The number of anilines is 2. The van der Waals surface area contributed by atoms with Gasteiger partial charge < -0.3 is 9.80 Å². The third kappa shape index (κ3) is 3.23. The highest BCUT2D eigenvalue weighted by Crippen LogP contribution is 2.48. The first-order chi connectivity index (χ1) is 14.0. The fourth-order valence-electron chi connectivity index (χ4n) is 4.21. The average Bonchev–Trinajstić information content (AvgIpc) is 2.97. The Bertz CT molecular complexity index is 1040. The van der Waals surface area contributed by atoms with Crippen LogP contribution in [0.15, 0.2) is 84.9 Å². The Labute approximate surface area is 172 Å². The van der Waals surface area contributed by atoms with Gasteiger partial charge in [-0.25, -0.2) is 0 Å². The van der Waals surface area contributed by atoms with Crippen molar-refractivity contribution < 1.29 is 4.79 Å². The Kier molecular flexibility index (Phi) is 4.98. The van der Waals surface area contributed by atoms with Crippen LogP contribution in [-0.2, 0) is 10.2 Å². The molecule has 1 aliphatic rings. The number of amides is 1. The van der Waals surface area contributed by atoms with E-state index in [1.54, 1.807) is 4.90 Å². The number of nitrogens with zero attached hydrogens (tertiary/aromatic N) is 2. The van der Waals surface area contributed by atoms with E-state index in [4.69, 9.17) is 0 Å². The first kappa shape index (κ1) is 19.0. The molecule has 0 bridgehead atoms. The molecule has 4 rings (SSSR count). The van der Waals surface area contributed by atoms with Crippen LogP contribution in [0.4, 0.5) is 11.4 Å². The molecule has 0 saturated carbocycles. The van der Waals surface area contributed by atoms with Gasteiger partial charge in [0.25, 0.3) is 0 Å². The summed E-state index contributed by atoms with van der Waals surface area (Å²) in [6.07, 6.45) is 4.84. The van der Waals surface area contributed by atoms with Gasteiger partial charge in [-0.1, -0.05) is 72.8 Å². The zero-order valence-electron chi connectivity index (χ0n) is 17.2. The molecule has 1 heterocycles. The Balaban J connectivity index is 1.81. The lowest BCUT2D eigenvalue weighted by atomic mass is 9.72. The molecular weight excluding hydrogens is 356 g/mol. The predicted octanol–water partition coefficient (Wildman–Crippen LogP) is 5.12. The first-order valence-electron chi connectivity index (χ1n) is 9.91. The largest absolute Gasteiger partial charge is 0.378 e. The second-order valence-electron chi connectivity index (χ2n) is 7.75. The highest BCUT2D eigenvalue weighted by Gasteiger charge is 2.49. The smallest absolute Gasteiger partial charge is 0.242 e. The van der Waals surface area contributed by atoms with E-state index < -0.39 is 5.41 Å². The number of benzene rings is 3. The van der Waals surface area contributed by atoms with Gasteiger partial charge >= 0.3 is 0 Å². The Hall–Kier alpha value is -3.33. The van der Waals surface area contributed by atoms with Crippen LogP contribution in [-0.4, -0.2) is 27.1 Å². The van der Waals surface area contributed by atoms with Crippen molar-refractivity contribution in [3.8, 4) is 0 Å². The number of allylic oxidation sites excluding steroid dienone is 1. The second-order valence-corrected chi connectivity index (χ2v) is 7.75. The maximum absolute atomic E-state index is 13.6. The number of hydrogen-bond acceptors (Lipinski definition) is 2. The zero-order valence-corrected chi connectivity index (χ0v) is 17.2. The van der Waals surface area contributed by atoms with Crippen LogP contribution >= 0.6 is 0 Å². The number of carbonyl (C=O) groups is 1. The normalized spacial score (nSPS) is 18.3. The topological polar surface area (TPSA) is 23.6 Å². The van der Waals surface area contributed by atoms with E-state index in [9.17, 15) is 4.79 Å². The third-order valence-corrected chi connectivity index (χ3v) is 5.81. The van der Waals surface area contributed by atoms with Crippen molar-refractivity contribution in [1.82, 2.24) is 0 Å². The SMILES string of the molecule is CN(C)c1ccc(C2(C/C=C/c3ccccc3)C(=O)N(C)c3ccccc32)cc1. The maximum Gasteiger partial charge on any atom is 0.242 e. The molecule has 0 radical (unpaired) electrons. The Morgan fingerprint density at radius 2 is 1.55 bits per heavy atom. The van der Waals surface area contributed by atoms with Gasteiger partial charge in [0.05, 0.1) is 0 Å².